The number of ketones is 1. The number of fused-ring (bicyclic) bond motifs is 3. The van der Waals surface area contributed by atoms with Crippen LogP contribution in [0.4, 0.5) is 0 Å². The molecule has 0 unspecified atom stereocenters. The Balaban J connectivity index is 1.53. The van der Waals surface area contributed by atoms with E-state index in [1.807, 2.05) is 41.3 Å². The molecule has 3 aliphatic rings. The van der Waals surface area contributed by atoms with Crippen LogP contribution in [0.1, 0.15) is 63.5 Å². The van der Waals surface area contributed by atoms with Crippen molar-refractivity contribution in [2.45, 2.75) is 65.3 Å². The van der Waals surface area contributed by atoms with Crippen molar-refractivity contribution in [3.05, 3.63) is 94.7 Å². The molecule has 1 saturated carbocycles. The maximum Gasteiger partial charge on any atom is 0.226 e. The zero-order valence-corrected chi connectivity index (χ0v) is 22.0. The number of carbonyl (C=O) groups is 2. The van der Waals surface area contributed by atoms with Crippen LogP contribution in [0.5, 0.6) is 0 Å². The molecular formula is C33H36N2O2. The van der Waals surface area contributed by atoms with E-state index in [9.17, 15) is 14.9 Å². The number of nitrogens with zero attached hydrogens (tertiary/aromatic N) is 2. The van der Waals surface area contributed by atoms with E-state index in [4.69, 9.17) is 0 Å². The summed E-state index contributed by atoms with van der Waals surface area (Å²) in [5.74, 6) is 0.695. The van der Waals surface area contributed by atoms with Crippen LogP contribution in [0, 0.1) is 34.5 Å². The first kappa shape index (κ1) is 25.2. The van der Waals surface area contributed by atoms with Crippen molar-refractivity contribution in [3.8, 4) is 6.07 Å². The number of carbonyl (C=O) groups excluding carboxylic acids is 2. The summed E-state index contributed by atoms with van der Waals surface area (Å²) in [5.41, 5.74) is 5.24. The van der Waals surface area contributed by atoms with E-state index < -0.39 is 0 Å². The molecule has 1 fully saturated rings. The van der Waals surface area contributed by atoms with Crippen LogP contribution in [-0.4, -0.2) is 16.6 Å². The number of rotatable bonds is 6. The minimum absolute atomic E-state index is 0.129. The number of Topliss-reactive ketones (excluding diaryl/α,β-unsaturated/α-hetero) is 1. The molecule has 0 N–H and O–H groups in total. The molecule has 2 aromatic carbocycles. The molecule has 5 rings (SSSR count). The van der Waals surface area contributed by atoms with E-state index in [1.165, 1.54) is 11.1 Å². The zero-order valence-electron chi connectivity index (χ0n) is 22.0. The lowest BCUT2D eigenvalue weighted by Gasteiger charge is -2.52. The largest absolute Gasteiger partial charge is 0.315 e. The first-order valence-corrected chi connectivity index (χ1v) is 13.6. The van der Waals surface area contributed by atoms with Gasteiger partial charge >= 0.3 is 0 Å². The summed E-state index contributed by atoms with van der Waals surface area (Å²) >= 11 is 0. The van der Waals surface area contributed by atoms with Gasteiger partial charge in [-0.25, -0.2) is 0 Å². The minimum atomic E-state index is -0.353. The fourth-order valence-electron chi connectivity index (χ4n) is 7.18. The van der Waals surface area contributed by atoms with Crippen LogP contribution >= 0.6 is 0 Å². The second kappa shape index (κ2) is 10.5. The summed E-state index contributed by atoms with van der Waals surface area (Å²) in [5, 5.41) is 9.40. The van der Waals surface area contributed by atoms with Gasteiger partial charge < -0.3 is 4.90 Å². The number of benzene rings is 2. The Hall–Kier alpha value is -3.45. The van der Waals surface area contributed by atoms with Crippen molar-refractivity contribution in [2.24, 2.45) is 23.2 Å². The Labute approximate surface area is 220 Å². The number of hydrogen-bond acceptors (Lipinski definition) is 3. The van der Waals surface area contributed by atoms with E-state index in [-0.39, 0.29) is 34.9 Å². The molecule has 190 valence electrons. The van der Waals surface area contributed by atoms with Gasteiger partial charge in [0.2, 0.25) is 5.91 Å². The molecule has 37 heavy (non-hydrogen) atoms. The molecule has 2 aromatic rings. The van der Waals surface area contributed by atoms with Gasteiger partial charge in [-0.05, 0) is 66.7 Å². The van der Waals surface area contributed by atoms with E-state index >= 15 is 0 Å². The summed E-state index contributed by atoms with van der Waals surface area (Å²) in [6.07, 6.45) is 6.97. The first-order chi connectivity index (χ1) is 17.9. The SMILES string of the molecule is CC1=C(Cc2ccccc2)C(=O)[C@H]2[C@@H](CCC3=CN(Cc4ccccc4)C(=O)CC[C@@]32C)[C@@H]1CCC#N. The number of nitriles is 1. The number of allylic oxidation sites excluding steroid dienone is 3. The molecule has 1 aliphatic heterocycles. The molecule has 1 heterocycles. The van der Waals surface area contributed by atoms with Gasteiger partial charge in [-0.1, -0.05) is 73.2 Å². The molecule has 2 aliphatic carbocycles. The van der Waals surface area contributed by atoms with E-state index in [2.05, 4.69) is 50.4 Å². The Bertz CT molecular complexity index is 1270. The molecule has 0 bridgehead atoms. The summed E-state index contributed by atoms with van der Waals surface area (Å²) < 4.78 is 0. The number of hydrogen-bond donors (Lipinski definition) is 0. The van der Waals surface area contributed by atoms with Gasteiger partial charge in [-0.2, -0.15) is 5.26 Å². The predicted octanol–water partition coefficient (Wildman–Crippen LogP) is 6.79. The van der Waals surface area contributed by atoms with Crippen molar-refractivity contribution in [1.82, 2.24) is 4.90 Å². The average Bonchev–Trinajstić information content (AvgIpc) is 3.03. The van der Waals surface area contributed by atoms with Crippen LogP contribution < -0.4 is 0 Å². The van der Waals surface area contributed by atoms with Gasteiger partial charge in [0.25, 0.3) is 0 Å². The predicted molar refractivity (Wildman–Crippen MR) is 145 cm³/mol. The van der Waals surface area contributed by atoms with Crippen LogP contribution in [0.3, 0.4) is 0 Å². The fraction of sp³-hybridized carbons (Fsp3) is 0.424. The molecule has 4 heteroatoms. The number of amides is 1. The second-order valence-electron chi connectivity index (χ2n) is 11.3. The van der Waals surface area contributed by atoms with Crippen LogP contribution in [0.2, 0.25) is 0 Å². The van der Waals surface area contributed by atoms with Gasteiger partial charge in [0.05, 0.1) is 12.6 Å². The van der Waals surface area contributed by atoms with E-state index in [0.717, 1.165) is 36.0 Å². The monoisotopic (exact) mass is 492 g/mol. The van der Waals surface area contributed by atoms with Gasteiger partial charge in [-0.15, -0.1) is 0 Å². The van der Waals surface area contributed by atoms with Crippen molar-refractivity contribution in [1.29, 1.82) is 5.26 Å². The lowest BCUT2D eigenvalue weighted by atomic mass is 9.50. The lowest BCUT2D eigenvalue weighted by molar-refractivity contribution is -0.131. The Morgan fingerprint density at radius 1 is 1.00 bits per heavy atom. The highest BCUT2D eigenvalue weighted by atomic mass is 16.2. The quantitative estimate of drug-likeness (QED) is 0.446. The third-order valence-corrected chi connectivity index (χ3v) is 9.20. The van der Waals surface area contributed by atoms with Gasteiger partial charge in [0, 0.05) is 36.8 Å². The van der Waals surface area contributed by atoms with Crippen molar-refractivity contribution in [3.63, 3.8) is 0 Å². The Kier molecular flexibility index (Phi) is 7.15. The summed E-state index contributed by atoms with van der Waals surface area (Å²) in [6, 6.07) is 22.7. The maximum atomic E-state index is 14.4. The van der Waals surface area contributed by atoms with Gasteiger partial charge in [-0.3, -0.25) is 9.59 Å². The second-order valence-corrected chi connectivity index (χ2v) is 11.3. The Morgan fingerprint density at radius 2 is 1.68 bits per heavy atom. The summed E-state index contributed by atoms with van der Waals surface area (Å²) in [7, 11) is 0. The van der Waals surface area contributed by atoms with Crippen LogP contribution in [0.15, 0.2) is 83.6 Å². The Morgan fingerprint density at radius 3 is 2.35 bits per heavy atom. The molecule has 4 nitrogen and oxygen atoms in total. The molecule has 0 radical (unpaired) electrons. The molecule has 0 aromatic heterocycles. The van der Waals surface area contributed by atoms with Crippen molar-refractivity contribution >= 4 is 11.7 Å². The molecule has 1 amide bonds. The lowest BCUT2D eigenvalue weighted by Crippen LogP contribution is -2.49. The van der Waals surface area contributed by atoms with Gasteiger partial charge in [0.1, 0.15) is 0 Å². The van der Waals surface area contributed by atoms with E-state index in [0.29, 0.717) is 32.2 Å². The van der Waals surface area contributed by atoms with Crippen LogP contribution in [-0.2, 0) is 22.6 Å². The summed E-state index contributed by atoms with van der Waals surface area (Å²) in [4.78, 5) is 29.5. The highest BCUT2D eigenvalue weighted by Crippen LogP contribution is 2.58. The first-order valence-electron chi connectivity index (χ1n) is 13.6. The topological polar surface area (TPSA) is 61.2 Å². The third-order valence-electron chi connectivity index (χ3n) is 9.20. The van der Waals surface area contributed by atoms with Crippen molar-refractivity contribution < 1.29 is 9.59 Å². The van der Waals surface area contributed by atoms with E-state index in [1.54, 1.807) is 0 Å². The highest BCUT2D eigenvalue weighted by Gasteiger charge is 2.54. The minimum Gasteiger partial charge on any atom is -0.315 e. The zero-order chi connectivity index (χ0) is 26.0. The normalized spacial score (nSPS) is 27.6. The maximum absolute atomic E-state index is 14.4. The smallest absolute Gasteiger partial charge is 0.226 e. The highest BCUT2D eigenvalue weighted by molar-refractivity contribution is 6.00. The van der Waals surface area contributed by atoms with Gasteiger partial charge in [0.15, 0.2) is 5.78 Å². The third kappa shape index (κ3) is 4.80. The summed E-state index contributed by atoms with van der Waals surface area (Å²) in [6.45, 7) is 4.92. The van der Waals surface area contributed by atoms with Crippen molar-refractivity contribution in [2.75, 3.05) is 0 Å². The molecule has 0 spiro atoms. The van der Waals surface area contributed by atoms with Crippen LogP contribution in [0.25, 0.3) is 0 Å². The molecule has 4 atom stereocenters. The average molecular weight is 493 g/mol. The standard InChI is InChI=1S/C33H36N2O2/c1-23-27(14-9-19-34)28-16-15-26-22-35(21-25-12-7-4-8-13-25)30(36)17-18-33(26,2)31(28)32(37)29(23)20-24-10-5-3-6-11-24/h3-8,10-13,22,27-28,31H,9,14-18,20-21H2,1-2H3/t27-,28+,31-,33+/m1/s1. The molecular weight excluding hydrogens is 456 g/mol. The molecule has 0 saturated heterocycles. The fourth-order valence-corrected chi connectivity index (χ4v) is 7.18.